The minimum atomic E-state index is -0.757. The minimum Gasteiger partial charge on any atom is -0.503 e. The molecular weight excluding hydrogens is 446 g/mol. The molecule has 2 unspecified atom stereocenters. The van der Waals surface area contributed by atoms with Gasteiger partial charge < -0.3 is 23.9 Å². The lowest BCUT2D eigenvalue weighted by atomic mass is 9.95. The first-order valence-electron chi connectivity index (χ1n) is 11.7. The second kappa shape index (κ2) is 9.80. The third kappa shape index (κ3) is 4.72. The summed E-state index contributed by atoms with van der Waals surface area (Å²) in [6.07, 6.45) is 1.61. The number of ketones is 1. The van der Waals surface area contributed by atoms with Crippen molar-refractivity contribution in [2.24, 2.45) is 0 Å². The van der Waals surface area contributed by atoms with Crippen LogP contribution in [0.5, 0.6) is 5.75 Å². The molecule has 1 amide bonds. The molecule has 180 valence electrons. The highest BCUT2D eigenvalue weighted by atomic mass is 16.5. The topological polar surface area (TPSA) is 89.2 Å². The number of carbonyl (C=O) groups excluding carboxylic acids is 2. The van der Waals surface area contributed by atoms with Gasteiger partial charge in [-0.2, -0.15) is 0 Å². The molecule has 3 heterocycles. The molecule has 0 spiro atoms. The number of amides is 1. The van der Waals surface area contributed by atoms with Crippen molar-refractivity contribution in [3.05, 3.63) is 101 Å². The summed E-state index contributed by atoms with van der Waals surface area (Å²) >= 11 is 0. The molecule has 0 aliphatic carbocycles. The predicted octanol–water partition coefficient (Wildman–Crippen LogP) is 4.92. The zero-order valence-corrected chi connectivity index (χ0v) is 19.5. The molecule has 7 heteroatoms. The Morgan fingerprint density at radius 3 is 2.51 bits per heavy atom. The quantitative estimate of drug-likeness (QED) is 0.467. The smallest absolute Gasteiger partial charge is 0.290 e. The summed E-state index contributed by atoms with van der Waals surface area (Å²) < 4.78 is 17.1. The highest BCUT2D eigenvalue weighted by Crippen LogP contribution is 2.40. The lowest BCUT2D eigenvalue weighted by molar-refractivity contribution is -0.131. The summed E-state index contributed by atoms with van der Waals surface area (Å²) in [6, 6.07) is 19.6. The van der Waals surface area contributed by atoms with E-state index in [1.165, 1.54) is 4.90 Å². The van der Waals surface area contributed by atoms with Gasteiger partial charge in [0.05, 0.1) is 17.7 Å². The molecule has 5 rings (SSSR count). The van der Waals surface area contributed by atoms with E-state index in [0.717, 1.165) is 18.4 Å². The number of ether oxygens (including phenoxy) is 2. The Bertz CT molecular complexity index is 1240. The van der Waals surface area contributed by atoms with Crippen molar-refractivity contribution < 1.29 is 28.6 Å². The number of aliphatic hydroxyl groups is 1. The van der Waals surface area contributed by atoms with Gasteiger partial charge in [0.2, 0.25) is 5.78 Å². The van der Waals surface area contributed by atoms with Gasteiger partial charge in [0, 0.05) is 13.2 Å². The number of furan rings is 1. The standard InChI is InChI=1S/C28H27NO6/c1-18-9-14-23(35-18)26(30)24-25(29(28(32)27(24)31)16-22-8-5-15-33-22)20-10-12-21(13-11-20)34-17-19-6-3-2-4-7-19/h2-4,6-7,9-14,22,25,31H,5,8,15-17H2,1H3. The van der Waals surface area contributed by atoms with E-state index in [4.69, 9.17) is 13.9 Å². The molecule has 1 N–H and O–H groups in total. The number of hydrogen-bond donors (Lipinski definition) is 1. The number of rotatable bonds is 8. The van der Waals surface area contributed by atoms with Crippen molar-refractivity contribution in [3.8, 4) is 5.75 Å². The third-order valence-electron chi connectivity index (χ3n) is 6.38. The Hall–Kier alpha value is -3.84. The molecule has 2 atom stereocenters. The van der Waals surface area contributed by atoms with Crippen molar-refractivity contribution in [2.75, 3.05) is 13.2 Å². The van der Waals surface area contributed by atoms with E-state index < -0.39 is 23.5 Å². The molecule has 7 nitrogen and oxygen atoms in total. The molecule has 1 saturated heterocycles. The van der Waals surface area contributed by atoms with Crippen LogP contribution in [0.15, 0.2) is 82.5 Å². The maximum atomic E-state index is 13.4. The number of aryl methyl sites for hydroxylation is 1. The van der Waals surface area contributed by atoms with Gasteiger partial charge in [-0.1, -0.05) is 42.5 Å². The van der Waals surface area contributed by atoms with Crippen LogP contribution >= 0.6 is 0 Å². The summed E-state index contributed by atoms with van der Waals surface area (Å²) in [5, 5.41) is 10.8. The molecule has 35 heavy (non-hydrogen) atoms. The van der Waals surface area contributed by atoms with E-state index in [2.05, 4.69) is 0 Å². The largest absolute Gasteiger partial charge is 0.503 e. The average Bonchev–Trinajstić information content (AvgIpc) is 3.61. The van der Waals surface area contributed by atoms with Crippen LogP contribution in [0.3, 0.4) is 0 Å². The van der Waals surface area contributed by atoms with E-state index in [0.29, 0.717) is 30.3 Å². The van der Waals surface area contributed by atoms with Crippen LogP contribution in [0.4, 0.5) is 0 Å². The number of nitrogens with zero attached hydrogens (tertiary/aromatic N) is 1. The van der Waals surface area contributed by atoms with Crippen LogP contribution in [-0.4, -0.2) is 41.0 Å². The zero-order chi connectivity index (χ0) is 24.4. The van der Waals surface area contributed by atoms with Gasteiger partial charge >= 0.3 is 0 Å². The van der Waals surface area contributed by atoms with Crippen LogP contribution in [0.2, 0.25) is 0 Å². The Balaban J connectivity index is 1.43. The predicted molar refractivity (Wildman–Crippen MR) is 128 cm³/mol. The molecule has 3 aromatic rings. The normalized spacial score (nSPS) is 20.0. The minimum absolute atomic E-state index is 0.0142. The van der Waals surface area contributed by atoms with Crippen LogP contribution in [0.1, 0.15) is 46.3 Å². The van der Waals surface area contributed by atoms with Gasteiger partial charge in [0.25, 0.3) is 5.91 Å². The molecule has 1 aromatic heterocycles. The van der Waals surface area contributed by atoms with E-state index in [9.17, 15) is 14.7 Å². The first kappa shape index (κ1) is 22.9. The molecule has 0 saturated carbocycles. The number of benzene rings is 2. The van der Waals surface area contributed by atoms with Crippen molar-refractivity contribution >= 4 is 11.7 Å². The number of carbonyl (C=O) groups is 2. The second-order valence-corrected chi connectivity index (χ2v) is 8.84. The molecule has 0 bridgehead atoms. The summed E-state index contributed by atoms with van der Waals surface area (Å²) in [5.41, 5.74) is 1.76. The van der Waals surface area contributed by atoms with Crippen LogP contribution in [0, 0.1) is 6.92 Å². The number of aliphatic hydroxyl groups excluding tert-OH is 1. The summed E-state index contributed by atoms with van der Waals surface area (Å²) in [5.74, 6) is -0.310. The van der Waals surface area contributed by atoms with E-state index in [1.54, 1.807) is 19.1 Å². The van der Waals surface area contributed by atoms with Gasteiger partial charge in [0.15, 0.2) is 11.5 Å². The summed E-state index contributed by atoms with van der Waals surface area (Å²) in [7, 11) is 0. The molecule has 1 fully saturated rings. The molecule has 2 aromatic carbocycles. The van der Waals surface area contributed by atoms with E-state index in [1.807, 2.05) is 54.6 Å². The maximum Gasteiger partial charge on any atom is 0.290 e. The Labute approximate surface area is 203 Å². The monoisotopic (exact) mass is 473 g/mol. The van der Waals surface area contributed by atoms with Gasteiger partial charge in [-0.25, -0.2) is 0 Å². The highest BCUT2D eigenvalue weighted by Gasteiger charge is 2.45. The van der Waals surface area contributed by atoms with Crippen LogP contribution in [-0.2, 0) is 16.1 Å². The molecule has 2 aliphatic heterocycles. The third-order valence-corrected chi connectivity index (χ3v) is 6.38. The fraction of sp³-hybridized carbons (Fsp3) is 0.286. The van der Waals surface area contributed by atoms with E-state index in [-0.39, 0.29) is 24.0 Å². The van der Waals surface area contributed by atoms with Crippen molar-refractivity contribution in [3.63, 3.8) is 0 Å². The lowest BCUT2D eigenvalue weighted by Gasteiger charge is -2.28. The Kier molecular flexibility index (Phi) is 6.42. The first-order chi connectivity index (χ1) is 17.0. The summed E-state index contributed by atoms with van der Waals surface area (Å²) in [4.78, 5) is 28.0. The lowest BCUT2D eigenvalue weighted by Crippen LogP contribution is -2.37. The fourth-order valence-electron chi connectivity index (χ4n) is 4.60. The second-order valence-electron chi connectivity index (χ2n) is 8.84. The number of hydrogen-bond acceptors (Lipinski definition) is 6. The van der Waals surface area contributed by atoms with Gasteiger partial charge in [0.1, 0.15) is 18.1 Å². The van der Waals surface area contributed by atoms with Gasteiger partial charge in [-0.3, -0.25) is 9.59 Å². The SMILES string of the molecule is Cc1ccc(C(=O)C2=C(O)C(=O)N(CC3CCCO3)C2c2ccc(OCc3ccccc3)cc2)o1. The summed E-state index contributed by atoms with van der Waals surface area (Å²) in [6.45, 7) is 3.09. The molecule has 2 aliphatic rings. The highest BCUT2D eigenvalue weighted by molar-refractivity contribution is 6.15. The fourth-order valence-corrected chi connectivity index (χ4v) is 4.60. The Morgan fingerprint density at radius 2 is 1.86 bits per heavy atom. The van der Waals surface area contributed by atoms with E-state index >= 15 is 0 Å². The van der Waals surface area contributed by atoms with Crippen molar-refractivity contribution in [2.45, 2.75) is 38.5 Å². The van der Waals surface area contributed by atoms with Gasteiger partial charge in [-0.05, 0) is 55.2 Å². The number of Topliss-reactive ketones (excluding diaryl/α,β-unsaturated/α-hetero) is 1. The first-order valence-corrected chi connectivity index (χ1v) is 11.7. The van der Waals surface area contributed by atoms with Crippen LogP contribution < -0.4 is 4.74 Å². The average molecular weight is 474 g/mol. The zero-order valence-electron chi connectivity index (χ0n) is 19.5. The molecule has 0 radical (unpaired) electrons. The Morgan fingerprint density at radius 1 is 1.09 bits per heavy atom. The van der Waals surface area contributed by atoms with Crippen molar-refractivity contribution in [1.29, 1.82) is 0 Å². The maximum absolute atomic E-state index is 13.4. The van der Waals surface area contributed by atoms with Crippen molar-refractivity contribution in [1.82, 2.24) is 4.90 Å². The van der Waals surface area contributed by atoms with Gasteiger partial charge in [-0.15, -0.1) is 0 Å². The molecular formula is C28H27NO6. The van der Waals surface area contributed by atoms with Crippen LogP contribution in [0.25, 0.3) is 0 Å².